The van der Waals surface area contributed by atoms with Gasteiger partial charge in [-0.15, -0.1) is 0 Å². The summed E-state index contributed by atoms with van der Waals surface area (Å²) in [7, 11) is 0. The lowest BCUT2D eigenvalue weighted by Gasteiger charge is -2.16. The molecule has 1 unspecified atom stereocenters. The Kier molecular flexibility index (Phi) is 5.29. The lowest BCUT2D eigenvalue weighted by atomic mass is 10.2. The molecule has 1 rings (SSSR count). The third kappa shape index (κ3) is 3.94. The van der Waals surface area contributed by atoms with Crippen LogP contribution in [0.1, 0.15) is 30.6 Å². The minimum atomic E-state index is -1.44. The Morgan fingerprint density at radius 3 is 2.74 bits per heavy atom. The summed E-state index contributed by atoms with van der Waals surface area (Å²) in [5.74, 6) is -2.87. The number of amides is 1. The lowest BCUT2D eigenvalue weighted by molar-refractivity contribution is -0.127. The number of rotatable bonds is 6. The van der Waals surface area contributed by atoms with E-state index in [1.807, 2.05) is 6.92 Å². The van der Waals surface area contributed by atoms with Gasteiger partial charge in [0.1, 0.15) is 17.1 Å². The first-order valence-corrected chi connectivity index (χ1v) is 5.93. The zero-order valence-corrected chi connectivity index (χ0v) is 10.8. The number of carbonyl (C=O) groups excluding carboxylic acids is 1. The molecular weight excluding hydrogens is 253 g/mol. The van der Waals surface area contributed by atoms with Crippen LogP contribution in [0.15, 0.2) is 18.2 Å². The van der Waals surface area contributed by atoms with E-state index in [4.69, 9.17) is 9.84 Å². The molecule has 19 heavy (non-hydrogen) atoms. The summed E-state index contributed by atoms with van der Waals surface area (Å²) in [6.07, 6.45) is -0.120. The summed E-state index contributed by atoms with van der Waals surface area (Å²) in [5.41, 5.74) is -0.572. The Labute approximate surface area is 110 Å². The Morgan fingerprint density at radius 1 is 1.47 bits per heavy atom. The van der Waals surface area contributed by atoms with E-state index in [0.717, 1.165) is 12.5 Å². The molecule has 1 atom stereocenters. The molecule has 0 saturated heterocycles. The maximum atomic E-state index is 13.4. The van der Waals surface area contributed by atoms with Gasteiger partial charge in [0.2, 0.25) is 0 Å². The fourth-order valence-corrected chi connectivity index (χ4v) is 1.45. The van der Waals surface area contributed by atoms with Crippen molar-refractivity contribution in [2.45, 2.75) is 26.4 Å². The van der Waals surface area contributed by atoms with Crippen LogP contribution in [0.2, 0.25) is 0 Å². The first-order chi connectivity index (χ1) is 8.97. The van der Waals surface area contributed by atoms with Crippen molar-refractivity contribution in [1.82, 2.24) is 5.32 Å². The molecule has 0 aliphatic carbocycles. The molecule has 2 N–H and O–H groups in total. The van der Waals surface area contributed by atoms with E-state index < -0.39 is 23.5 Å². The number of aromatic carboxylic acids is 1. The van der Waals surface area contributed by atoms with Crippen molar-refractivity contribution in [2.24, 2.45) is 0 Å². The molecule has 0 spiro atoms. The van der Waals surface area contributed by atoms with Gasteiger partial charge in [0.25, 0.3) is 5.91 Å². The van der Waals surface area contributed by atoms with Gasteiger partial charge in [-0.1, -0.05) is 13.0 Å². The summed E-state index contributed by atoms with van der Waals surface area (Å²) in [5, 5.41) is 11.5. The zero-order chi connectivity index (χ0) is 14.4. The molecule has 0 aliphatic rings. The monoisotopic (exact) mass is 269 g/mol. The maximum absolute atomic E-state index is 13.4. The van der Waals surface area contributed by atoms with E-state index in [2.05, 4.69) is 5.32 Å². The van der Waals surface area contributed by atoms with Crippen LogP contribution in [-0.4, -0.2) is 29.6 Å². The average Bonchev–Trinajstić information content (AvgIpc) is 2.35. The fourth-order valence-electron chi connectivity index (χ4n) is 1.45. The van der Waals surface area contributed by atoms with Gasteiger partial charge in [-0.25, -0.2) is 9.18 Å². The summed E-state index contributed by atoms with van der Waals surface area (Å²) >= 11 is 0. The first-order valence-electron chi connectivity index (χ1n) is 5.93. The summed E-state index contributed by atoms with van der Waals surface area (Å²) < 4.78 is 18.6. The second-order valence-electron chi connectivity index (χ2n) is 3.97. The van der Waals surface area contributed by atoms with Crippen molar-refractivity contribution in [3.8, 4) is 5.75 Å². The minimum absolute atomic E-state index is 0.161. The van der Waals surface area contributed by atoms with E-state index in [9.17, 15) is 14.0 Å². The number of carboxylic acid groups (broad SMARTS) is 1. The van der Waals surface area contributed by atoms with Gasteiger partial charge in [-0.3, -0.25) is 4.79 Å². The molecule has 5 nitrogen and oxygen atoms in total. The molecule has 1 aromatic carbocycles. The number of carboxylic acids is 1. The number of carbonyl (C=O) groups is 2. The Bertz CT molecular complexity index is 476. The smallest absolute Gasteiger partial charge is 0.342 e. The van der Waals surface area contributed by atoms with Crippen LogP contribution in [0.3, 0.4) is 0 Å². The molecule has 0 aliphatic heterocycles. The predicted octanol–water partition coefficient (Wildman–Crippen LogP) is 1.82. The standard InChI is InChI=1S/C13H16FNO4/c1-3-7-15-12(16)8(2)19-10-6-4-5-9(14)11(10)13(17)18/h4-6,8H,3,7H2,1-2H3,(H,15,16)(H,17,18). The number of halogens is 1. The van der Waals surface area contributed by atoms with Crippen molar-refractivity contribution in [1.29, 1.82) is 0 Å². The highest BCUT2D eigenvalue weighted by Crippen LogP contribution is 2.22. The van der Waals surface area contributed by atoms with Gasteiger partial charge in [-0.05, 0) is 25.5 Å². The van der Waals surface area contributed by atoms with Crippen LogP contribution in [0.25, 0.3) is 0 Å². The van der Waals surface area contributed by atoms with Crippen LogP contribution in [0.4, 0.5) is 4.39 Å². The van der Waals surface area contributed by atoms with E-state index in [0.29, 0.717) is 6.54 Å². The van der Waals surface area contributed by atoms with E-state index in [-0.39, 0.29) is 11.7 Å². The summed E-state index contributed by atoms with van der Waals surface area (Å²) in [4.78, 5) is 22.5. The highest BCUT2D eigenvalue weighted by Gasteiger charge is 2.21. The third-order valence-electron chi connectivity index (χ3n) is 2.41. The fraction of sp³-hybridized carbons (Fsp3) is 0.385. The Morgan fingerprint density at radius 2 is 2.16 bits per heavy atom. The molecule has 0 bridgehead atoms. The van der Waals surface area contributed by atoms with Gasteiger partial charge in [-0.2, -0.15) is 0 Å². The predicted molar refractivity (Wildman–Crippen MR) is 66.8 cm³/mol. The van der Waals surface area contributed by atoms with Crippen molar-refractivity contribution in [2.75, 3.05) is 6.54 Å². The van der Waals surface area contributed by atoms with Crippen LogP contribution < -0.4 is 10.1 Å². The average molecular weight is 269 g/mol. The molecular formula is C13H16FNO4. The number of nitrogens with one attached hydrogen (secondary N) is 1. The topological polar surface area (TPSA) is 75.6 Å². The lowest BCUT2D eigenvalue weighted by Crippen LogP contribution is -2.36. The van der Waals surface area contributed by atoms with Gasteiger partial charge in [0, 0.05) is 6.54 Å². The SMILES string of the molecule is CCCNC(=O)C(C)Oc1cccc(F)c1C(=O)O. The van der Waals surface area contributed by atoms with Gasteiger partial charge in [0.05, 0.1) is 0 Å². The number of hydrogen-bond acceptors (Lipinski definition) is 3. The highest BCUT2D eigenvalue weighted by molar-refractivity contribution is 5.91. The molecule has 104 valence electrons. The number of ether oxygens (including phenoxy) is 1. The van der Waals surface area contributed by atoms with Crippen LogP contribution in [-0.2, 0) is 4.79 Å². The van der Waals surface area contributed by atoms with Gasteiger partial charge >= 0.3 is 5.97 Å². The molecule has 1 amide bonds. The minimum Gasteiger partial charge on any atom is -0.480 e. The van der Waals surface area contributed by atoms with E-state index in [1.165, 1.54) is 19.1 Å². The molecule has 0 radical (unpaired) electrons. The molecule has 0 fully saturated rings. The van der Waals surface area contributed by atoms with Crippen molar-refractivity contribution < 1.29 is 23.8 Å². The number of benzene rings is 1. The molecule has 6 heteroatoms. The van der Waals surface area contributed by atoms with Gasteiger partial charge < -0.3 is 15.2 Å². The normalized spacial score (nSPS) is 11.7. The zero-order valence-electron chi connectivity index (χ0n) is 10.8. The van der Waals surface area contributed by atoms with Crippen molar-refractivity contribution in [3.05, 3.63) is 29.6 Å². The largest absolute Gasteiger partial charge is 0.480 e. The molecule has 0 heterocycles. The van der Waals surface area contributed by atoms with Crippen molar-refractivity contribution in [3.63, 3.8) is 0 Å². The first kappa shape index (κ1) is 14.9. The van der Waals surface area contributed by atoms with Gasteiger partial charge in [0.15, 0.2) is 6.10 Å². The van der Waals surface area contributed by atoms with Crippen LogP contribution in [0, 0.1) is 5.82 Å². The molecule has 1 aromatic rings. The second-order valence-corrected chi connectivity index (χ2v) is 3.97. The maximum Gasteiger partial charge on any atom is 0.342 e. The molecule has 0 saturated carbocycles. The van der Waals surface area contributed by atoms with Crippen LogP contribution in [0.5, 0.6) is 5.75 Å². The Balaban J connectivity index is 2.85. The van der Waals surface area contributed by atoms with Crippen molar-refractivity contribution >= 4 is 11.9 Å². The number of hydrogen-bond donors (Lipinski definition) is 2. The quantitative estimate of drug-likeness (QED) is 0.826. The second kappa shape index (κ2) is 6.72. The molecule has 0 aromatic heterocycles. The Hall–Kier alpha value is -2.11. The van der Waals surface area contributed by atoms with Crippen LogP contribution >= 0.6 is 0 Å². The summed E-state index contributed by atoms with van der Waals surface area (Å²) in [6, 6.07) is 3.67. The van der Waals surface area contributed by atoms with E-state index >= 15 is 0 Å². The highest BCUT2D eigenvalue weighted by atomic mass is 19.1. The third-order valence-corrected chi connectivity index (χ3v) is 2.41. The van der Waals surface area contributed by atoms with E-state index in [1.54, 1.807) is 0 Å². The summed E-state index contributed by atoms with van der Waals surface area (Å²) in [6.45, 7) is 3.88.